The van der Waals surface area contributed by atoms with Crippen molar-refractivity contribution in [3.63, 3.8) is 0 Å². The van der Waals surface area contributed by atoms with Gasteiger partial charge in [-0.15, -0.1) is 0 Å². The van der Waals surface area contributed by atoms with Crippen LogP contribution in [0.5, 0.6) is 0 Å². The summed E-state index contributed by atoms with van der Waals surface area (Å²) in [6, 6.07) is 6.57. The van der Waals surface area contributed by atoms with E-state index in [1.807, 2.05) is 0 Å². The molecule has 0 aliphatic carbocycles. The lowest BCUT2D eigenvalue weighted by atomic mass is 10.1. The number of esters is 2. The van der Waals surface area contributed by atoms with Gasteiger partial charge in [0, 0.05) is 0 Å². The standard InChI is InChI=1S/C34H60N2O4/c1-5-7-9-11-13-15-25-35(3)27-17-19-29-39-33(37)31-21-23-32(24-22-31)34(38)40-30-20-18-28-36(4)26-16-14-12-10-8-6-2/h21-24H,5-20,25-30H2,1-4H3. The van der Waals surface area contributed by atoms with Gasteiger partial charge in [-0.25, -0.2) is 9.59 Å². The second-order valence-electron chi connectivity index (χ2n) is 11.4. The minimum atomic E-state index is -0.342. The molecule has 0 bridgehead atoms. The van der Waals surface area contributed by atoms with E-state index in [9.17, 15) is 9.59 Å². The molecule has 0 aromatic heterocycles. The molecule has 0 radical (unpaired) electrons. The largest absolute Gasteiger partial charge is 0.462 e. The van der Waals surface area contributed by atoms with Crippen molar-refractivity contribution in [3.05, 3.63) is 35.4 Å². The maximum absolute atomic E-state index is 12.3. The summed E-state index contributed by atoms with van der Waals surface area (Å²) in [5, 5.41) is 0. The van der Waals surface area contributed by atoms with E-state index in [1.54, 1.807) is 24.3 Å². The fourth-order valence-corrected chi connectivity index (χ4v) is 4.75. The molecule has 230 valence electrons. The highest BCUT2D eigenvalue weighted by Crippen LogP contribution is 2.10. The maximum Gasteiger partial charge on any atom is 0.338 e. The van der Waals surface area contributed by atoms with Crippen molar-refractivity contribution in [1.29, 1.82) is 0 Å². The predicted molar refractivity (Wildman–Crippen MR) is 167 cm³/mol. The molecular formula is C34H60N2O4. The maximum atomic E-state index is 12.3. The van der Waals surface area contributed by atoms with Gasteiger partial charge < -0.3 is 19.3 Å². The number of hydrogen-bond acceptors (Lipinski definition) is 6. The fraction of sp³-hybridized carbons (Fsp3) is 0.765. The third-order valence-corrected chi connectivity index (χ3v) is 7.48. The van der Waals surface area contributed by atoms with Crippen LogP contribution in [0, 0.1) is 0 Å². The molecule has 0 atom stereocenters. The zero-order chi connectivity index (χ0) is 29.3. The zero-order valence-electron chi connectivity index (χ0n) is 26.4. The summed E-state index contributed by atoms with van der Waals surface area (Å²) in [6.07, 6.45) is 19.6. The normalized spacial score (nSPS) is 11.3. The van der Waals surface area contributed by atoms with Gasteiger partial charge in [0.15, 0.2) is 0 Å². The average molecular weight is 561 g/mol. The SMILES string of the molecule is CCCCCCCCN(C)CCCCOC(=O)c1ccc(C(=O)OCCCCN(C)CCCCCCCC)cc1. The van der Waals surface area contributed by atoms with E-state index in [0.717, 1.165) is 51.9 Å². The van der Waals surface area contributed by atoms with Crippen LogP contribution in [-0.4, -0.2) is 75.2 Å². The molecule has 0 fully saturated rings. The lowest BCUT2D eigenvalue weighted by Gasteiger charge is -2.16. The molecule has 0 spiro atoms. The Balaban J connectivity index is 2.10. The molecule has 6 heteroatoms. The quantitative estimate of drug-likeness (QED) is 0.0842. The number of carbonyl (C=O) groups excluding carboxylic acids is 2. The highest BCUT2D eigenvalue weighted by atomic mass is 16.5. The predicted octanol–water partition coefficient (Wildman–Crippen LogP) is 8.15. The molecular weight excluding hydrogens is 500 g/mol. The Morgan fingerprint density at radius 3 is 1.15 bits per heavy atom. The van der Waals surface area contributed by atoms with Crippen LogP contribution in [-0.2, 0) is 9.47 Å². The number of benzene rings is 1. The van der Waals surface area contributed by atoms with Crippen LogP contribution in [0.3, 0.4) is 0 Å². The number of hydrogen-bond donors (Lipinski definition) is 0. The van der Waals surface area contributed by atoms with Crippen molar-refractivity contribution in [3.8, 4) is 0 Å². The smallest absolute Gasteiger partial charge is 0.338 e. The molecule has 1 aromatic carbocycles. The summed E-state index contributed by atoms with van der Waals surface area (Å²) in [4.78, 5) is 29.4. The molecule has 6 nitrogen and oxygen atoms in total. The van der Waals surface area contributed by atoms with Gasteiger partial charge in [0.25, 0.3) is 0 Å². The lowest BCUT2D eigenvalue weighted by molar-refractivity contribution is 0.0481. The first kappa shape index (κ1) is 36.1. The molecule has 0 heterocycles. The molecule has 0 N–H and O–H groups in total. The molecule has 1 aromatic rings. The molecule has 0 aliphatic rings. The van der Waals surface area contributed by atoms with Gasteiger partial charge >= 0.3 is 11.9 Å². The van der Waals surface area contributed by atoms with Gasteiger partial charge in [-0.1, -0.05) is 78.1 Å². The molecule has 0 amide bonds. The average Bonchev–Trinajstić information content (AvgIpc) is 2.96. The van der Waals surface area contributed by atoms with E-state index in [1.165, 1.54) is 77.0 Å². The van der Waals surface area contributed by atoms with Crippen molar-refractivity contribution in [1.82, 2.24) is 9.80 Å². The van der Waals surface area contributed by atoms with Crippen LogP contribution in [0.25, 0.3) is 0 Å². The summed E-state index contributed by atoms with van der Waals surface area (Å²) < 4.78 is 10.9. The first-order valence-electron chi connectivity index (χ1n) is 16.3. The second-order valence-corrected chi connectivity index (χ2v) is 11.4. The molecule has 0 unspecified atom stereocenters. The Labute approximate surface area is 246 Å². The fourth-order valence-electron chi connectivity index (χ4n) is 4.75. The minimum Gasteiger partial charge on any atom is -0.462 e. The van der Waals surface area contributed by atoms with Gasteiger partial charge in [0.05, 0.1) is 24.3 Å². The summed E-state index contributed by atoms with van der Waals surface area (Å²) in [6.45, 7) is 9.66. The van der Waals surface area contributed by atoms with E-state index < -0.39 is 0 Å². The van der Waals surface area contributed by atoms with E-state index in [0.29, 0.717) is 24.3 Å². The summed E-state index contributed by atoms with van der Waals surface area (Å²) in [7, 11) is 4.34. The van der Waals surface area contributed by atoms with Gasteiger partial charge in [-0.3, -0.25) is 0 Å². The summed E-state index contributed by atoms with van der Waals surface area (Å²) in [5.74, 6) is -0.684. The number of ether oxygens (including phenoxy) is 2. The topological polar surface area (TPSA) is 59.1 Å². The van der Waals surface area contributed by atoms with Crippen molar-refractivity contribution in [2.75, 3.05) is 53.5 Å². The Morgan fingerprint density at radius 1 is 0.500 bits per heavy atom. The Kier molecular flexibility index (Phi) is 22.4. The first-order chi connectivity index (χ1) is 19.5. The Bertz CT molecular complexity index is 690. The third kappa shape index (κ3) is 19.2. The molecule has 0 aliphatic heterocycles. The molecule has 40 heavy (non-hydrogen) atoms. The Hall–Kier alpha value is -1.92. The number of unbranched alkanes of at least 4 members (excludes halogenated alkanes) is 12. The van der Waals surface area contributed by atoms with Crippen molar-refractivity contribution < 1.29 is 19.1 Å². The number of rotatable bonds is 26. The minimum absolute atomic E-state index is 0.342. The Morgan fingerprint density at radius 2 is 0.800 bits per heavy atom. The highest BCUT2D eigenvalue weighted by Gasteiger charge is 2.11. The van der Waals surface area contributed by atoms with Crippen LogP contribution >= 0.6 is 0 Å². The lowest BCUT2D eigenvalue weighted by Crippen LogP contribution is -2.21. The third-order valence-electron chi connectivity index (χ3n) is 7.48. The van der Waals surface area contributed by atoms with E-state index >= 15 is 0 Å². The van der Waals surface area contributed by atoms with Crippen LogP contribution < -0.4 is 0 Å². The highest BCUT2D eigenvalue weighted by molar-refractivity contribution is 5.93. The van der Waals surface area contributed by atoms with E-state index in [4.69, 9.17) is 9.47 Å². The van der Waals surface area contributed by atoms with E-state index in [2.05, 4.69) is 37.7 Å². The monoisotopic (exact) mass is 560 g/mol. The second kappa shape index (κ2) is 24.8. The summed E-state index contributed by atoms with van der Waals surface area (Å²) >= 11 is 0. The molecule has 0 saturated carbocycles. The summed E-state index contributed by atoms with van der Waals surface area (Å²) in [5.41, 5.74) is 0.926. The zero-order valence-corrected chi connectivity index (χ0v) is 26.4. The van der Waals surface area contributed by atoms with Crippen molar-refractivity contribution in [2.45, 2.75) is 117 Å². The van der Waals surface area contributed by atoms with Crippen molar-refractivity contribution in [2.24, 2.45) is 0 Å². The number of carbonyl (C=O) groups is 2. The van der Waals surface area contributed by atoms with Crippen molar-refractivity contribution >= 4 is 11.9 Å². The number of nitrogens with zero attached hydrogens (tertiary/aromatic N) is 2. The molecule has 0 saturated heterocycles. The van der Waals surface area contributed by atoms with Crippen LogP contribution in [0.1, 0.15) is 137 Å². The molecule has 1 rings (SSSR count). The van der Waals surface area contributed by atoms with Crippen LogP contribution in [0.15, 0.2) is 24.3 Å². The van der Waals surface area contributed by atoms with Gasteiger partial charge in [0.1, 0.15) is 0 Å². The van der Waals surface area contributed by atoms with Gasteiger partial charge in [-0.05, 0) is 103 Å². The van der Waals surface area contributed by atoms with Gasteiger partial charge in [0.2, 0.25) is 0 Å². The van der Waals surface area contributed by atoms with Gasteiger partial charge in [-0.2, -0.15) is 0 Å². The first-order valence-corrected chi connectivity index (χ1v) is 16.3. The van der Waals surface area contributed by atoms with Crippen LogP contribution in [0.2, 0.25) is 0 Å². The van der Waals surface area contributed by atoms with Crippen LogP contribution in [0.4, 0.5) is 0 Å². The van der Waals surface area contributed by atoms with E-state index in [-0.39, 0.29) is 11.9 Å².